The number of hydrogen-bond acceptors (Lipinski definition) is 2. The van der Waals surface area contributed by atoms with Crippen molar-refractivity contribution in [3.05, 3.63) is 23.8 Å². The third-order valence-corrected chi connectivity index (χ3v) is 2.14. The van der Waals surface area contributed by atoms with Gasteiger partial charge in [0.25, 0.3) is 0 Å². The zero-order chi connectivity index (χ0) is 11.1. The SMILES string of the molecule is CCn1nnc2ccc(C(F)(F)F)cc21. The van der Waals surface area contributed by atoms with E-state index in [1.807, 2.05) is 0 Å². The molecule has 0 aliphatic rings. The van der Waals surface area contributed by atoms with Crippen molar-refractivity contribution >= 4 is 11.0 Å². The molecule has 0 radical (unpaired) electrons. The molecule has 0 atom stereocenters. The number of alkyl halides is 3. The lowest BCUT2D eigenvalue weighted by atomic mass is 10.2. The average molecular weight is 215 g/mol. The van der Waals surface area contributed by atoms with Crippen LogP contribution in [-0.4, -0.2) is 15.0 Å². The quantitative estimate of drug-likeness (QED) is 0.731. The standard InChI is InChI=1S/C9H8F3N3/c1-2-15-8-5-6(9(10,11)12)3-4-7(8)13-14-15/h3-5H,2H2,1H3. The first-order chi connectivity index (χ1) is 7.02. The van der Waals surface area contributed by atoms with Crippen molar-refractivity contribution in [1.29, 1.82) is 0 Å². The summed E-state index contributed by atoms with van der Waals surface area (Å²) in [5, 5.41) is 7.49. The Labute approximate surface area is 83.5 Å². The summed E-state index contributed by atoms with van der Waals surface area (Å²) < 4.78 is 38.7. The zero-order valence-electron chi connectivity index (χ0n) is 7.91. The second-order valence-electron chi connectivity index (χ2n) is 3.11. The fraction of sp³-hybridized carbons (Fsp3) is 0.333. The molecule has 1 aromatic carbocycles. The molecule has 15 heavy (non-hydrogen) atoms. The number of hydrogen-bond donors (Lipinski definition) is 0. The molecule has 0 amide bonds. The van der Waals surface area contributed by atoms with Gasteiger partial charge >= 0.3 is 6.18 Å². The molecule has 3 nitrogen and oxygen atoms in total. The fourth-order valence-electron chi connectivity index (χ4n) is 1.37. The van der Waals surface area contributed by atoms with Crippen molar-refractivity contribution in [3.63, 3.8) is 0 Å². The first-order valence-corrected chi connectivity index (χ1v) is 4.43. The number of rotatable bonds is 1. The molecule has 0 N–H and O–H groups in total. The summed E-state index contributed by atoms with van der Waals surface area (Å²) in [7, 11) is 0. The number of fused-ring (bicyclic) bond motifs is 1. The van der Waals surface area contributed by atoms with Crippen LogP contribution in [0.5, 0.6) is 0 Å². The van der Waals surface area contributed by atoms with E-state index in [0.717, 1.165) is 12.1 Å². The van der Waals surface area contributed by atoms with Crippen molar-refractivity contribution < 1.29 is 13.2 Å². The Morgan fingerprint density at radius 2 is 2.07 bits per heavy atom. The van der Waals surface area contributed by atoms with Crippen LogP contribution < -0.4 is 0 Å². The van der Waals surface area contributed by atoms with Gasteiger partial charge in [0, 0.05) is 6.54 Å². The molecule has 0 unspecified atom stereocenters. The Balaban J connectivity index is 2.63. The first kappa shape index (κ1) is 9.95. The maximum atomic E-state index is 12.4. The van der Waals surface area contributed by atoms with Crippen LogP contribution in [0, 0.1) is 0 Å². The zero-order valence-corrected chi connectivity index (χ0v) is 7.91. The van der Waals surface area contributed by atoms with Crippen molar-refractivity contribution in [2.24, 2.45) is 0 Å². The van der Waals surface area contributed by atoms with Gasteiger partial charge in [0.05, 0.1) is 11.1 Å². The number of benzene rings is 1. The summed E-state index contributed by atoms with van der Waals surface area (Å²) in [6.45, 7) is 2.30. The highest BCUT2D eigenvalue weighted by Crippen LogP contribution is 2.30. The molecule has 0 saturated heterocycles. The minimum absolute atomic E-state index is 0.410. The normalized spacial score (nSPS) is 12.3. The molecule has 0 fully saturated rings. The van der Waals surface area contributed by atoms with E-state index in [2.05, 4.69) is 10.3 Å². The van der Waals surface area contributed by atoms with Crippen LogP contribution in [0.3, 0.4) is 0 Å². The molecular formula is C9H8F3N3. The van der Waals surface area contributed by atoms with Gasteiger partial charge in [0.15, 0.2) is 0 Å². The third kappa shape index (κ3) is 1.67. The number of aryl methyl sites for hydroxylation is 1. The lowest BCUT2D eigenvalue weighted by molar-refractivity contribution is -0.137. The maximum absolute atomic E-state index is 12.4. The Morgan fingerprint density at radius 3 is 2.67 bits per heavy atom. The molecule has 0 aliphatic carbocycles. The highest BCUT2D eigenvalue weighted by molar-refractivity contribution is 5.75. The number of aromatic nitrogens is 3. The second kappa shape index (κ2) is 3.22. The van der Waals surface area contributed by atoms with Gasteiger partial charge in [-0.2, -0.15) is 13.2 Å². The Bertz CT molecular complexity index is 487. The summed E-state index contributed by atoms with van der Waals surface area (Å²) in [4.78, 5) is 0. The van der Waals surface area contributed by atoms with Crippen molar-refractivity contribution in [2.45, 2.75) is 19.6 Å². The molecule has 0 aliphatic heterocycles. The van der Waals surface area contributed by atoms with Crippen LogP contribution in [0.2, 0.25) is 0 Å². The van der Waals surface area contributed by atoms with Gasteiger partial charge in [0.1, 0.15) is 5.52 Å². The summed E-state index contributed by atoms with van der Waals surface area (Å²) >= 11 is 0. The molecule has 2 aromatic rings. The van der Waals surface area contributed by atoms with Gasteiger partial charge in [-0.1, -0.05) is 5.21 Å². The predicted octanol–water partition coefficient (Wildman–Crippen LogP) is 2.47. The largest absolute Gasteiger partial charge is 0.416 e. The molecular weight excluding hydrogens is 207 g/mol. The first-order valence-electron chi connectivity index (χ1n) is 4.43. The molecule has 6 heteroatoms. The van der Waals surface area contributed by atoms with Crippen LogP contribution >= 0.6 is 0 Å². The Hall–Kier alpha value is -1.59. The van der Waals surface area contributed by atoms with Gasteiger partial charge in [-0.25, -0.2) is 4.68 Å². The van der Waals surface area contributed by atoms with Gasteiger partial charge in [-0.05, 0) is 25.1 Å². The third-order valence-electron chi connectivity index (χ3n) is 2.14. The molecule has 80 valence electrons. The molecule has 1 heterocycles. The number of halogens is 3. The lowest BCUT2D eigenvalue weighted by Gasteiger charge is -2.06. The van der Waals surface area contributed by atoms with Crippen LogP contribution in [0.15, 0.2) is 18.2 Å². The average Bonchev–Trinajstić information content (AvgIpc) is 2.57. The van der Waals surface area contributed by atoms with E-state index in [9.17, 15) is 13.2 Å². The number of nitrogens with zero attached hydrogens (tertiary/aromatic N) is 3. The fourth-order valence-corrected chi connectivity index (χ4v) is 1.37. The van der Waals surface area contributed by atoms with Crippen LogP contribution in [0.4, 0.5) is 13.2 Å². The van der Waals surface area contributed by atoms with Gasteiger partial charge in [-0.15, -0.1) is 5.10 Å². The highest BCUT2D eigenvalue weighted by atomic mass is 19.4. The summed E-state index contributed by atoms with van der Waals surface area (Å²) in [5.41, 5.74) is 0.212. The lowest BCUT2D eigenvalue weighted by Crippen LogP contribution is -2.05. The summed E-state index contributed by atoms with van der Waals surface area (Å²) in [6, 6.07) is 3.41. The van der Waals surface area contributed by atoms with Crippen LogP contribution in [0.25, 0.3) is 11.0 Å². The van der Waals surface area contributed by atoms with Crippen molar-refractivity contribution in [1.82, 2.24) is 15.0 Å². The monoisotopic (exact) mass is 215 g/mol. The van der Waals surface area contributed by atoms with Crippen LogP contribution in [-0.2, 0) is 12.7 Å². The van der Waals surface area contributed by atoms with E-state index in [-0.39, 0.29) is 0 Å². The van der Waals surface area contributed by atoms with E-state index < -0.39 is 11.7 Å². The highest BCUT2D eigenvalue weighted by Gasteiger charge is 2.30. The molecule has 1 aromatic heterocycles. The summed E-state index contributed by atoms with van der Waals surface area (Å²) in [5.74, 6) is 0. The van der Waals surface area contributed by atoms with Gasteiger partial charge in [-0.3, -0.25) is 0 Å². The van der Waals surface area contributed by atoms with E-state index in [0.29, 0.717) is 17.6 Å². The van der Waals surface area contributed by atoms with E-state index in [4.69, 9.17) is 0 Å². The minimum Gasteiger partial charge on any atom is -0.245 e. The molecule has 0 saturated carbocycles. The Kier molecular flexibility index (Phi) is 2.13. The Morgan fingerprint density at radius 1 is 1.33 bits per heavy atom. The van der Waals surface area contributed by atoms with Crippen molar-refractivity contribution in [2.75, 3.05) is 0 Å². The second-order valence-corrected chi connectivity index (χ2v) is 3.11. The summed E-state index contributed by atoms with van der Waals surface area (Å²) in [6.07, 6.45) is -4.32. The van der Waals surface area contributed by atoms with Gasteiger partial charge in [0.2, 0.25) is 0 Å². The van der Waals surface area contributed by atoms with Crippen molar-refractivity contribution in [3.8, 4) is 0 Å². The predicted molar refractivity (Wildman–Crippen MR) is 48.2 cm³/mol. The topological polar surface area (TPSA) is 30.7 Å². The maximum Gasteiger partial charge on any atom is 0.416 e. The smallest absolute Gasteiger partial charge is 0.245 e. The molecule has 0 bridgehead atoms. The molecule has 0 spiro atoms. The van der Waals surface area contributed by atoms with E-state index in [1.54, 1.807) is 6.92 Å². The van der Waals surface area contributed by atoms with Crippen LogP contribution in [0.1, 0.15) is 12.5 Å². The minimum atomic E-state index is -4.32. The van der Waals surface area contributed by atoms with E-state index in [1.165, 1.54) is 10.7 Å². The van der Waals surface area contributed by atoms with E-state index >= 15 is 0 Å². The van der Waals surface area contributed by atoms with Gasteiger partial charge < -0.3 is 0 Å². The molecule has 2 rings (SSSR count).